The fraction of sp³-hybridized carbons (Fsp3) is 0.333. The van der Waals surface area contributed by atoms with Crippen LogP contribution in [0.4, 0.5) is 0 Å². The van der Waals surface area contributed by atoms with E-state index in [4.69, 9.17) is 0 Å². The summed E-state index contributed by atoms with van der Waals surface area (Å²) >= 11 is 0. The molecular formula is C12H16N4O. The largest absolute Gasteiger partial charge is 0.300 e. The van der Waals surface area contributed by atoms with Crippen molar-refractivity contribution in [2.75, 3.05) is 7.05 Å². The van der Waals surface area contributed by atoms with Crippen LogP contribution in [0.3, 0.4) is 0 Å². The van der Waals surface area contributed by atoms with Gasteiger partial charge < -0.3 is 4.79 Å². The van der Waals surface area contributed by atoms with E-state index in [2.05, 4.69) is 16.1 Å². The van der Waals surface area contributed by atoms with Crippen molar-refractivity contribution in [2.24, 2.45) is 5.10 Å². The lowest BCUT2D eigenvalue weighted by atomic mass is 10.1. The monoisotopic (exact) mass is 232 g/mol. The first-order valence-corrected chi connectivity index (χ1v) is 5.58. The highest BCUT2D eigenvalue weighted by atomic mass is 16.1. The van der Waals surface area contributed by atoms with Gasteiger partial charge >= 0.3 is 0 Å². The molecule has 0 radical (unpaired) electrons. The number of amidine groups is 1. The number of hydrazone groups is 1. The van der Waals surface area contributed by atoms with Gasteiger partial charge in [0, 0.05) is 19.0 Å². The Hall–Kier alpha value is -1.88. The van der Waals surface area contributed by atoms with Crippen LogP contribution in [0, 0.1) is 0 Å². The van der Waals surface area contributed by atoms with E-state index in [-0.39, 0.29) is 5.78 Å². The molecule has 90 valence electrons. The summed E-state index contributed by atoms with van der Waals surface area (Å²) in [5.74, 6) is 1.02. The highest BCUT2D eigenvalue weighted by Gasteiger charge is 2.10. The zero-order valence-corrected chi connectivity index (χ0v) is 10.0. The summed E-state index contributed by atoms with van der Waals surface area (Å²) < 4.78 is 0. The zero-order chi connectivity index (χ0) is 12.3. The van der Waals surface area contributed by atoms with Crippen LogP contribution in [-0.2, 0) is 11.2 Å². The number of rotatable bonds is 4. The molecule has 1 aliphatic rings. The van der Waals surface area contributed by atoms with Crippen LogP contribution < -0.4 is 11.0 Å². The van der Waals surface area contributed by atoms with Gasteiger partial charge in [-0.15, -0.1) is 10.6 Å². The summed E-state index contributed by atoms with van der Waals surface area (Å²) in [6.07, 6.45) is 1.40. The van der Waals surface area contributed by atoms with E-state index >= 15 is 0 Å². The number of carbonyl (C=O) groups is 1. The SMILES string of the molecule is CC(=O)CCc1ccc(C2=NN(C)NN2)cc1. The first-order chi connectivity index (χ1) is 8.15. The van der Waals surface area contributed by atoms with Gasteiger partial charge in [0.25, 0.3) is 0 Å². The second-order valence-corrected chi connectivity index (χ2v) is 4.11. The lowest BCUT2D eigenvalue weighted by Crippen LogP contribution is -2.36. The Morgan fingerprint density at radius 2 is 2.06 bits per heavy atom. The highest BCUT2D eigenvalue weighted by Crippen LogP contribution is 2.08. The average Bonchev–Trinajstić information content (AvgIpc) is 2.74. The van der Waals surface area contributed by atoms with Crippen LogP contribution in [0.25, 0.3) is 0 Å². The van der Waals surface area contributed by atoms with Gasteiger partial charge in [-0.05, 0) is 18.9 Å². The fourth-order valence-electron chi connectivity index (χ4n) is 1.61. The van der Waals surface area contributed by atoms with Crippen molar-refractivity contribution < 1.29 is 4.79 Å². The maximum atomic E-state index is 10.9. The second kappa shape index (κ2) is 4.97. The number of nitrogens with one attached hydrogen (secondary N) is 2. The molecule has 0 aliphatic carbocycles. The Balaban J connectivity index is 2.03. The topological polar surface area (TPSA) is 56.7 Å². The molecule has 0 atom stereocenters. The summed E-state index contributed by atoms with van der Waals surface area (Å²) in [7, 11) is 1.82. The number of carbonyl (C=O) groups excluding carboxylic acids is 1. The van der Waals surface area contributed by atoms with E-state index < -0.39 is 0 Å². The van der Waals surface area contributed by atoms with Crippen molar-refractivity contribution in [1.29, 1.82) is 0 Å². The van der Waals surface area contributed by atoms with E-state index in [1.54, 1.807) is 12.0 Å². The maximum absolute atomic E-state index is 10.9. The molecule has 0 fully saturated rings. The Morgan fingerprint density at radius 1 is 1.35 bits per heavy atom. The standard InChI is InChI=1S/C12H16N4O/c1-9(17)3-4-10-5-7-11(8-6-10)12-13-15-16(2)14-12/h5-8,15H,3-4H2,1-2H3,(H,13,14). The van der Waals surface area contributed by atoms with E-state index in [0.717, 1.165) is 17.8 Å². The highest BCUT2D eigenvalue weighted by molar-refractivity contribution is 5.98. The maximum Gasteiger partial charge on any atom is 0.170 e. The molecule has 1 aliphatic heterocycles. The Bertz CT molecular complexity index is 438. The van der Waals surface area contributed by atoms with Crippen LogP contribution in [-0.4, -0.2) is 23.8 Å². The van der Waals surface area contributed by atoms with E-state index in [0.29, 0.717) is 6.42 Å². The molecule has 5 nitrogen and oxygen atoms in total. The van der Waals surface area contributed by atoms with Gasteiger partial charge in [-0.1, -0.05) is 24.3 Å². The number of hydrogen-bond acceptors (Lipinski definition) is 5. The first-order valence-electron chi connectivity index (χ1n) is 5.58. The minimum Gasteiger partial charge on any atom is -0.300 e. The number of nitrogens with zero attached hydrogens (tertiary/aromatic N) is 2. The molecule has 1 aromatic rings. The fourth-order valence-corrected chi connectivity index (χ4v) is 1.61. The lowest BCUT2D eigenvalue weighted by Gasteiger charge is -2.03. The van der Waals surface area contributed by atoms with Crippen molar-refractivity contribution in [3.8, 4) is 0 Å². The average molecular weight is 232 g/mol. The Kier molecular flexibility index (Phi) is 3.39. The molecule has 17 heavy (non-hydrogen) atoms. The van der Waals surface area contributed by atoms with Crippen molar-refractivity contribution in [1.82, 2.24) is 16.1 Å². The third-order valence-corrected chi connectivity index (χ3v) is 2.58. The number of ketones is 1. The second-order valence-electron chi connectivity index (χ2n) is 4.11. The van der Waals surface area contributed by atoms with Crippen LogP contribution in [0.1, 0.15) is 24.5 Å². The predicted octanol–water partition coefficient (Wildman–Crippen LogP) is 0.824. The zero-order valence-electron chi connectivity index (χ0n) is 10.0. The van der Waals surface area contributed by atoms with Crippen LogP contribution in [0.2, 0.25) is 0 Å². The summed E-state index contributed by atoms with van der Waals surface area (Å²) in [5.41, 5.74) is 8.01. The van der Waals surface area contributed by atoms with Crippen molar-refractivity contribution in [2.45, 2.75) is 19.8 Å². The Morgan fingerprint density at radius 3 is 2.59 bits per heavy atom. The molecule has 2 N–H and O–H groups in total. The molecule has 0 unspecified atom stereocenters. The third kappa shape index (κ3) is 3.04. The van der Waals surface area contributed by atoms with Gasteiger partial charge in [0.05, 0.1) is 0 Å². The van der Waals surface area contributed by atoms with Gasteiger partial charge in [-0.25, -0.2) is 5.12 Å². The van der Waals surface area contributed by atoms with Gasteiger partial charge in [0.2, 0.25) is 0 Å². The summed E-state index contributed by atoms with van der Waals surface area (Å²) in [6, 6.07) is 8.06. The molecule has 2 rings (SSSR count). The van der Waals surface area contributed by atoms with Crippen molar-refractivity contribution in [3.63, 3.8) is 0 Å². The number of benzene rings is 1. The van der Waals surface area contributed by atoms with E-state index in [9.17, 15) is 4.79 Å². The number of Topliss-reactive ketones (excluding diaryl/α,β-unsaturated/α-hetero) is 1. The lowest BCUT2D eigenvalue weighted by molar-refractivity contribution is -0.116. The molecule has 1 heterocycles. The van der Waals surface area contributed by atoms with Gasteiger partial charge in [-0.2, -0.15) is 0 Å². The van der Waals surface area contributed by atoms with Gasteiger partial charge in [0.15, 0.2) is 5.84 Å². The number of aryl methyl sites for hydroxylation is 1. The molecule has 5 heteroatoms. The number of hydrazine groups is 2. The van der Waals surface area contributed by atoms with E-state index in [1.807, 2.05) is 31.3 Å². The summed E-state index contributed by atoms with van der Waals surface area (Å²) in [6.45, 7) is 1.62. The van der Waals surface area contributed by atoms with Crippen molar-refractivity contribution >= 4 is 11.6 Å². The van der Waals surface area contributed by atoms with Crippen molar-refractivity contribution in [3.05, 3.63) is 35.4 Å². The molecular weight excluding hydrogens is 216 g/mol. The molecule has 0 aromatic heterocycles. The molecule has 0 saturated heterocycles. The molecule has 0 spiro atoms. The smallest absolute Gasteiger partial charge is 0.170 e. The number of hydrogen-bond donors (Lipinski definition) is 2. The van der Waals surface area contributed by atoms with Crippen LogP contribution >= 0.6 is 0 Å². The van der Waals surface area contributed by atoms with Gasteiger partial charge in [0.1, 0.15) is 5.78 Å². The summed E-state index contributed by atoms with van der Waals surface area (Å²) in [4.78, 5) is 10.9. The predicted molar refractivity (Wildman–Crippen MR) is 66.0 cm³/mol. The third-order valence-electron chi connectivity index (χ3n) is 2.58. The van der Waals surface area contributed by atoms with E-state index in [1.165, 1.54) is 5.56 Å². The van der Waals surface area contributed by atoms with Gasteiger partial charge in [-0.3, -0.25) is 5.43 Å². The molecule has 0 bridgehead atoms. The minimum absolute atomic E-state index is 0.224. The van der Waals surface area contributed by atoms with Crippen LogP contribution in [0.5, 0.6) is 0 Å². The quantitative estimate of drug-likeness (QED) is 0.807. The normalized spacial score (nSPS) is 14.5. The molecule has 1 aromatic carbocycles. The first kappa shape index (κ1) is 11.6. The Labute approximate surface area is 100 Å². The summed E-state index contributed by atoms with van der Waals surface area (Å²) in [5, 5.41) is 5.85. The minimum atomic E-state index is 0.224. The van der Waals surface area contributed by atoms with Crippen LogP contribution in [0.15, 0.2) is 29.4 Å². The molecule has 0 amide bonds. The molecule has 0 saturated carbocycles.